The van der Waals surface area contributed by atoms with Crippen molar-refractivity contribution in [3.63, 3.8) is 0 Å². The first kappa shape index (κ1) is 25.8. The molecule has 2 amide bonds. The second-order valence-electron chi connectivity index (χ2n) is 10.0. The van der Waals surface area contributed by atoms with E-state index in [1.54, 1.807) is 18.0 Å². The van der Waals surface area contributed by atoms with Gasteiger partial charge in [0.15, 0.2) is 5.82 Å². The number of rotatable bonds is 4. The van der Waals surface area contributed by atoms with Crippen LogP contribution in [0.25, 0.3) is 0 Å². The van der Waals surface area contributed by atoms with E-state index in [-0.39, 0.29) is 17.7 Å². The Hall–Kier alpha value is -4.51. The molecule has 12 heteroatoms. The fourth-order valence-corrected chi connectivity index (χ4v) is 5.21. The van der Waals surface area contributed by atoms with E-state index in [2.05, 4.69) is 36.1 Å². The molecule has 6 bridgehead atoms. The lowest BCUT2D eigenvalue weighted by molar-refractivity contribution is -0.117. The number of benzene rings is 1. The summed E-state index contributed by atoms with van der Waals surface area (Å²) >= 11 is 6.36. The minimum absolute atomic E-state index is 0.0746. The molecule has 5 heterocycles. The van der Waals surface area contributed by atoms with Crippen LogP contribution in [0.1, 0.15) is 40.1 Å². The molecule has 4 aromatic rings. The zero-order valence-electron chi connectivity index (χ0n) is 21.8. The van der Waals surface area contributed by atoms with Crippen molar-refractivity contribution in [3.8, 4) is 0 Å². The lowest BCUT2D eigenvalue weighted by atomic mass is 10.0. The number of hydrogen-bond acceptors (Lipinski definition) is 9. The molecule has 2 aliphatic rings. The van der Waals surface area contributed by atoms with Crippen molar-refractivity contribution in [1.29, 1.82) is 0 Å². The van der Waals surface area contributed by atoms with Crippen LogP contribution in [-0.2, 0) is 17.6 Å². The maximum Gasteiger partial charge on any atom is 0.259 e. The van der Waals surface area contributed by atoms with E-state index in [0.29, 0.717) is 54.0 Å². The number of carbonyl (C=O) groups is 2. The molecule has 0 aliphatic carbocycles. The van der Waals surface area contributed by atoms with E-state index in [0.717, 1.165) is 41.0 Å². The predicted molar refractivity (Wildman–Crippen MR) is 150 cm³/mol. The summed E-state index contributed by atoms with van der Waals surface area (Å²) in [5, 5.41) is 13.6. The number of anilines is 5. The standard InChI is InChI=1S/C28H27ClN8O3/c1-16-22(13-32-40-16)27(39)37-7-6-18(15-37)9-25(38)35-24-5-4-20-10-19(24)3-2-17-8-21(12-30-11-17)34-28-31-14-23(29)26(33-20)36-28/h4-5,8,10-14,18H,2-3,6-7,9,15H2,1H3,(H,35,38)(H2,31,33,34,36)/t18-/m1/s1. The van der Waals surface area contributed by atoms with Crippen molar-refractivity contribution in [2.24, 2.45) is 5.92 Å². The molecule has 0 saturated carbocycles. The number of pyridine rings is 1. The maximum atomic E-state index is 13.1. The molecular formula is C28H27ClN8O3. The van der Waals surface area contributed by atoms with Gasteiger partial charge in [0, 0.05) is 37.1 Å². The van der Waals surface area contributed by atoms with Crippen molar-refractivity contribution in [2.45, 2.75) is 32.6 Å². The Bertz CT molecular complexity index is 1590. The number of likely N-dealkylation sites (tertiary alicyclic amines) is 1. The Morgan fingerprint density at radius 2 is 2.02 bits per heavy atom. The molecule has 204 valence electrons. The number of nitrogens with one attached hydrogen (secondary N) is 3. The normalized spacial score (nSPS) is 16.1. The van der Waals surface area contributed by atoms with E-state index >= 15 is 0 Å². The smallest absolute Gasteiger partial charge is 0.259 e. The Morgan fingerprint density at radius 3 is 2.88 bits per heavy atom. The molecule has 2 aliphatic heterocycles. The van der Waals surface area contributed by atoms with Gasteiger partial charge in [-0.15, -0.1) is 0 Å². The van der Waals surface area contributed by atoms with Crippen LogP contribution in [0, 0.1) is 12.8 Å². The molecular weight excluding hydrogens is 532 g/mol. The monoisotopic (exact) mass is 558 g/mol. The van der Waals surface area contributed by atoms with Crippen LogP contribution in [0.2, 0.25) is 5.02 Å². The largest absolute Gasteiger partial charge is 0.361 e. The third-order valence-corrected chi connectivity index (χ3v) is 7.43. The molecule has 6 rings (SSSR count). The summed E-state index contributed by atoms with van der Waals surface area (Å²) in [6.45, 7) is 2.84. The first-order valence-corrected chi connectivity index (χ1v) is 13.4. The summed E-state index contributed by atoms with van der Waals surface area (Å²) in [4.78, 5) is 40.8. The van der Waals surface area contributed by atoms with Gasteiger partial charge < -0.3 is 25.4 Å². The Labute approximate surface area is 235 Å². The van der Waals surface area contributed by atoms with Gasteiger partial charge in [-0.2, -0.15) is 4.98 Å². The highest BCUT2D eigenvalue weighted by Gasteiger charge is 2.30. The third-order valence-electron chi connectivity index (χ3n) is 7.15. The molecule has 11 nitrogen and oxygen atoms in total. The van der Waals surface area contributed by atoms with Crippen LogP contribution in [0.15, 0.2) is 53.6 Å². The highest BCUT2D eigenvalue weighted by atomic mass is 35.5. The first-order valence-electron chi connectivity index (χ1n) is 13.0. The van der Waals surface area contributed by atoms with Gasteiger partial charge in [-0.05, 0) is 67.5 Å². The van der Waals surface area contributed by atoms with E-state index < -0.39 is 0 Å². The number of carbonyl (C=O) groups excluding carboxylic acids is 2. The summed E-state index contributed by atoms with van der Waals surface area (Å²) in [6.07, 6.45) is 9.01. The molecule has 0 radical (unpaired) electrons. The second kappa shape index (κ2) is 10.9. The Kier molecular flexibility index (Phi) is 7.04. The Morgan fingerprint density at radius 1 is 1.12 bits per heavy atom. The number of halogens is 1. The van der Waals surface area contributed by atoms with Crippen LogP contribution < -0.4 is 16.0 Å². The molecule has 0 spiro atoms. The molecule has 1 aromatic carbocycles. The summed E-state index contributed by atoms with van der Waals surface area (Å²) in [6, 6.07) is 7.76. The van der Waals surface area contributed by atoms with Crippen LogP contribution in [0.3, 0.4) is 0 Å². The average Bonchev–Trinajstić information content (AvgIpc) is 3.59. The molecule has 3 aromatic heterocycles. The summed E-state index contributed by atoms with van der Waals surface area (Å²) < 4.78 is 5.03. The van der Waals surface area contributed by atoms with Crippen molar-refractivity contribution in [3.05, 3.63) is 76.5 Å². The fraction of sp³-hybridized carbons (Fsp3) is 0.286. The van der Waals surface area contributed by atoms with E-state index in [1.807, 2.05) is 30.5 Å². The topological polar surface area (TPSA) is 138 Å². The van der Waals surface area contributed by atoms with Crippen molar-refractivity contribution in [1.82, 2.24) is 25.0 Å². The van der Waals surface area contributed by atoms with Gasteiger partial charge in [0.05, 0.1) is 24.3 Å². The van der Waals surface area contributed by atoms with Crippen molar-refractivity contribution in [2.75, 3.05) is 29.0 Å². The number of aromatic nitrogens is 4. The third kappa shape index (κ3) is 5.59. The quantitative estimate of drug-likeness (QED) is 0.319. The summed E-state index contributed by atoms with van der Waals surface area (Å²) in [5.41, 5.74) is 4.77. The van der Waals surface area contributed by atoms with Crippen LogP contribution in [-0.4, -0.2) is 49.9 Å². The fourth-order valence-electron chi connectivity index (χ4n) is 5.07. The van der Waals surface area contributed by atoms with Crippen molar-refractivity contribution >= 4 is 52.2 Å². The van der Waals surface area contributed by atoms with Gasteiger partial charge in [0.1, 0.15) is 16.3 Å². The minimum Gasteiger partial charge on any atom is -0.361 e. The molecule has 1 fully saturated rings. The predicted octanol–water partition coefficient (Wildman–Crippen LogP) is 4.90. The molecule has 1 saturated heterocycles. The van der Waals surface area contributed by atoms with Gasteiger partial charge in [-0.1, -0.05) is 16.8 Å². The zero-order valence-corrected chi connectivity index (χ0v) is 22.5. The van der Waals surface area contributed by atoms with Crippen LogP contribution in [0.5, 0.6) is 0 Å². The highest BCUT2D eigenvalue weighted by molar-refractivity contribution is 6.32. The van der Waals surface area contributed by atoms with Crippen LogP contribution >= 0.6 is 11.6 Å². The van der Waals surface area contributed by atoms with Gasteiger partial charge in [0.25, 0.3) is 5.91 Å². The van der Waals surface area contributed by atoms with Gasteiger partial charge >= 0.3 is 0 Å². The highest BCUT2D eigenvalue weighted by Crippen LogP contribution is 2.30. The molecule has 40 heavy (non-hydrogen) atoms. The van der Waals surface area contributed by atoms with Crippen LogP contribution in [0.4, 0.5) is 28.8 Å². The van der Waals surface area contributed by atoms with Gasteiger partial charge in [-0.3, -0.25) is 14.6 Å². The average molecular weight is 559 g/mol. The molecule has 3 N–H and O–H groups in total. The Balaban J connectivity index is 1.18. The van der Waals surface area contributed by atoms with Gasteiger partial charge in [0.2, 0.25) is 11.9 Å². The summed E-state index contributed by atoms with van der Waals surface area (Å²) in [5.74, 6) is 1.24. The number of fused-ring (bicyclic) bond motifs is 6. The van der Waals surface area contributed by atoms with E-state index in [4.69, 9.17) is 16.1 Å². The first-order chi connectivity index (χ1) is 19.4. The maximum absolute atomic E-state index is 13.1. The SMILES string of the molecule is Cc1oncc1C(=O)N1CC[C@H](CC(=O)Nc2ccc3cc2CCc2cncc(c2)Nc2ncc(Cl)c(n2)N3)C1. The number of hydrogen-bond donors (Lipinski definition) is 3. The summed E-state index contributed by atoms with van der Waals surface area (Å²) in [7, 11) is 0. The van der Waals surface area contributed by atoms with Crippen molar-refractivity contribution < 1.29 is 14.1 Å². The zero-order chi connectivity index (χ0) is 27.6. The van der Waals surface area contributed by atoms with E-state index in [9.17, 15) is 9.59 Å². The lowest BCUT2D eigenvalue weighted by Crippen LogP contribution is -2.29. The number of nitrogens with zero attached hydrogens (tertiary/aromatic N) is 5. The van der Waals surface area contributed by atoms with E-state index in [1.165, 1.54) is 12.4 Å². The molecule has 1 atom stereocenters. The second-order valence-corrected chi connectivity index (χ2v) is 10.5. The van der Waals surface area contributed by atoms with Gasteiger partial charge in [-0.25, -0.2) is 4.98 Å². The number of amides is 2. The lowest BCUT2D eigenvalue weighted by Gasteiger charge is -2.17. The minimum atomic E-state index is -0.110. The molecule has 0 unspecified atom stereocenters. The number of aryl methyl sites for hydroxylation is 3.